The first kappa shape index (κ1) is 19.7. The van der Waals surface area contributed by atoms with Crippen LogP contribution in [0.2, 0.25) is 0 Å². The van der Waals surface area contributed by atoms with Crippen molar-refractivity contribution in [3.05, 3.63) is 71.3 Å². The van der Waals surface area contributed by atoms with Gasteiger partial charge < -0.3 is 10.2 Å². The molecular formula is C22H28N2O2. The lowest BCUT2D eigenvalue weighted by atomic mass is 10.1. The van der Waals surface area contributed by atoms with Gasteiger partial charge in [-0.3, -0.25) is 9.59 Å². The van der Waals surface area contributed by atoms with E-state index >= 15 is 0 Å². The van der Waals surface area contributed by atoms with E-state index in [2.05, 4.69) is 5.32 Å². The highest BCUT2D eigenvalue weighted by atomic mass is 16.2. The third kappa shape index (κ3) is 5.73. The molecule has 2 rings (SSSR count). The lowest BCUT2D eigenvalue weighted by Crippen LogP contribution is -2.47. The number of amides is 2. The molecule has 4 nitrogen and oxygen atoms in total. The van der Waals surface area contributed by atoms with Crippen LogP contribution in [0.5, 0.6) is 0 Å². The van der Waals surface area contributed by atoms with Gasteiger partial charge in [0, 0.05) is 19.5 Å². The van der Waals surface area contributed by atoms with E-state index in [0.717, 1.165) is 11.1 Å². The first-order chi connectivity index (χ1) is 12.5. The van der Waals surface area contributed by atoms with Gasteiger partial charge in [-0.25, -0.2) is 0 Å². The molecule has 0 aliphatic rings. The molecule has 0 unspecified atom stereocenters. The molecule has 0 fully saturated rings. The predicted molar refractivity (Wildman–Crippen MR) is 105 cm³/mol. The van der Waals surface area contributed by atoms with E-state index in [1.54, 1.807) is 11.8 Å². The van der Waals surface area contributed by atoms with E-state index in [9.17, 15) is 9.59 Å². The number of rotatable bonds is 8. The van der Waals surface area contributed by atoms with Crippen molar-refractivity contribution in [2.24, 2.45) is 0 Å². The maximum Gasteiger partial charge on any atom is 0.242 e. The summed E-state index contributed by atoms with van der Waals surface area (Å²) in [5.41, 5.74) is 3.33. The van der Waals surface area contributed by atoms with Crippen LogP contribution in [0.3, 0.4) is 0 Å². The summed E-state index contributed by atoms with van der Waals surface area (Å²) in [7, 11) is 0. The SMILES string of the molecule is CCNC(=O)[C@H](C)N(Cc1ccc(C)cc1)C(=O)CCc1ccccc1. The molecule has 0 saturated carbocycles. The Hall–Kier alpha value is -2.62. The second-order valence-electron chi connectivity index (χ2n) is 6.56. The second-order valence-corrected chi connectivity index (χ2v) is 6.56. The van der Waals surface area contributed by atoms with E-state index in [4.69, 9.17) is 0 Å². The maximum atomic E-state index is 12.9. The zero-order chi connectivity index (χ0) is 18.9. The maximum absolute atomic E-state index is 12.9. The minimum absolute atomic E-state index is 0.00631. The Balaban J connectivity index is 2.11. The fourth-order valence-corrected chi connectivity index (χ4v) is 2.83. The number of benzene rings is 2. The van der Waals surface area contributed by atoms with Gasteiger partial charge in [-0.1, -0.05) is 60.2 Å². The molecule has 2 aromatic carbocycles. The summed E-state index contributed by atoms with van der Waals surface area (Å²) >= 11 is 0. The highest BCUT2D eigenvalue weighted by Crippen LogP contribution is 2.13. The number of hydrogen-bond donors (Lipinski definition) is 1. The van der Waals surface area contributed by atoms with E-state index in [0.29, 0.717) is 25.9 Å². The van der Waals surface area contributed by atoms with E-state index < -0.39 is 6.04 Å². The number of nitrogens with zero attached hydrogens (tertiary/aromatic N) is 1. The fraction of sp³-hybridized carbons (Fsp3) is 0.364. The van der Waals surface area contributed by atoms with E-state index in [1.165, 1.54) is 5.56 Å². The molecule has 0 radical (unpaired) electrons. The number of carbonyl (C=O) groups is 2. The van der Waals surface area contributed by atoms with Crippen LogP contribution in [-0.4, -0.2) is 29.3 Å². The Kier molecular flexibility index (Phi) is 7.39. The Bertz CT molecular complexity index is 711. The first-order valence-corrected chi connectivity index (χ1v) is 9.18. The minimum atomic E-state index is -0.500. The fourth-order valence-electron chi connectivity index (χ4n) is 2.83. The molecule has 4 heteroatoms. The van der Waals surface area contributed by atoms with Crippen LogP contribution in [0.15, 0.2) is 54.6 Å². The van der Waals surface area contributed by atoms with E-state index in [1.807, 2.05) is 68.4 Å². The molecule has 0 heterocycles. The van der Waals surface area contributed by atoms with Crippen LogP contribution in [0.1, 0.15) is 37.0 Å². The van der Waals surface area contributed by atoms with E-state index in [-0.39, 0.29) is 11.8 Å². The lowest BCUT2D eigenvalue weighted by molar-refractivity contribution is -0.140. The van der Waals surface area contributed by atoms with Crippen LogP contribution in [0.4, 0.5) is 0 Å². The van der Waals surface area contributed by atoms with Crippen LogP contribution < -0.4 is 5.32 Å². The molecule has 26 heavy (non-hydrogen) atoms. The van der Waals surface area contributed by atoms with Crippen molar-refractivity contribution in [3.63, 3.8) is 0 Å². The molecule has 2 amide bonds. The summed E-state index contributed by atoms with van der Waals surface area (Å²) in [5.74, 6) is -0.124. The monoisotopic (exact) mass is 352 g/mol. The zero-order valence-corrected chi connectivity index (χ0v) is 15.9. The smallest absolute Gasteiger partial charge is 0.242 e. The molecule has 138 valence electrons. The van der Waals surface area contributed by atoms with Crippen LogP contribution >= 0.6 is 0 Å². The van der Waals surface area contributed by atoms with Gasteiger partial charge in [-0.2, -0.15) is 0 Å². The third-order valence-corrected chi connectivity index (χ3v) is 4.46. The summed E-state index contributed by atoms with van der Waals surface area (Å²) in [4.78, 5) is 26.9. The minimum Gasteiger partial charge on any atom is -0.355 e. The molecular weight excluding hydrogens is 324 g/mol. The molecule has 1 atom stereocenters. The number of aryl methyl sites for hydroxylation is 2. The Labute approximate surface area is 156 Å². The quantitative estimate of drug-likeness (QED) is 0.791. The van der Waals surface area contributed by atoms with Gasteiger partial charge in [0.2, 0.25) is 11.8 Å². The van der Waals surface area contributed by atoms with Crippen LogP contribution in [0.25, 0.3) is 0 Å². The second kappa shape index (κ2) is 9.76. The molecule has 0 saturated heterocycles. The number of nitrogens with one attached hydrogen (secondary N) is 1. The van der Waals surface area contributed by atoms with Crippen molar-refractivity contribution in [1.29, 1.82) is 0 Å². The zero-order valence-electron chi connectivity index (χ0n) is 15.9. The Morgan fingerprint density at radius 3 is 2.27 bits per heavy atom. The lowest BCUT2D eigenvalue weighted by Gasteiger charge is -2.29. The predicted octanol–water partition coefficient (Wildman–Crippen LogP) is 3.48. The number of carbonyl (C=O) groups excluding carboxylic acids is 2. The van der Waals surface area contributed by atoms with Crippen molar-refractivity contribution >= 4 is 11.8 Å². The number of hydrogen-bond acceptors (Lipinski definition) is 2. The molecule has 0 aromatic heterocycles. The highest BCUT2D eigenvalue weighted by Gasteiger charge is 2.25. The topological polar surface area (TPSA) is 49.4 Å². The summed E-state index contributed by atoms with van der Waals surface area (Å²) in [6.45, 7) is 6.70. The molecule has 0 bridgehead atoms. The van der Waals surface area contributed by atoms with Gasteiger partial charge in [-0.15, -0.1) is 0 Å². The van der Waals surface area contributed by atoms with Gasteiger partial charge in [0.1, 0.15) is 6.04 Å². The Morgan fingerprint density at radius 2 is 1.65 bits per heavy atom. The molecule has 2 aromatic rings. The Morgan fingerprint density at radius 1 is 1.00 bits per heavy atom. The number of likely N-dealkylation sites (N-methyl/N-ethyl adjacent to an activating group) is 1. The van der Waals surface area contributed by atoms with Crippen molar-refractivity contribution in [2.45, 2.75) is 46.2 Å². The molecule has 1 N–H and O–H groups in total. The standard InChI is InChI=1S/C22H28N2O2/c1-4-23-22(26)18(3)24(16-20-12-10-17(2)11-13-20)21(25)15-14-19-8-6-5-7-9-19/h5-13,18H,4,14-16H2,1-3H3,(H,23,26)/t18-/m0/s1. The van der Waals surface area contributed by atoms with Crippen molar-refractivity contribution in [3.8, 4) is 0 Å². The third-order valence-electron chi connectivity index (χ3n) is 4.46. The first-order valence-electron chi connectivity index (χ1n) is 9.18. The summed E-state index contributed by atoms with van der Waals surface area (Å²) < 4.78 is 0. The van der Waals surface area contributed by atoms with Crippen molar-refractivity contribution in [1.82, 2.24) is 10.2 Å². The van der Waals surface area contributed by atoms with Gasteiger partial charge in [0.25, 0.3) is 0 Å². The van der Waals surface area contributed by atoms with Gasteiger partial charge in [0.15, 0.2) is 0 Å². The van der Waals surface area contributed by atoms with Crippen LogP contribution in [-0.2, 0) is 22.6 Å². The van der Waals surface area contributed by atoms with Crippen LogP contribution in [0, 0.1) is 6.92 Å². The van der Waals surface area contributed by atoms with Gasteiger partial charge in [-0.05, 0) is 38.3 Å². The van der Waals surface area contributed by atoms with Gasteiger partial charge >= 0.3 is 0 Å². The molecule has 0 spiro atoms. The average molecular weight is 352 g/mol. The van der Waals surface area contributed by atoms with Crippen molar-refractivity contribution < 1.29 is 9.59 Å². The highest BCUT2D eigenvalue weighted by molar-refractivity contribution is 5.87. The molecule has 0 aliphatic heterocycles. The van der Waals surface area contributed by atoms with Gasteiger partial charge in [0.05, 0.1) is 0 Å². The summed E-state index contributed by atoms with van der Waals surface area (Å²) in [6, 6.07) is 17.5. The summed E-state index contributed by atoms with van der Waals surface area (Å²) in [5, 5.41) is 2.82. The molecule has 0 aliphatic carbocycles. The largest absolute Gasteiger partial charge is 0.355 e. The van der Waals surface area contributed by atoms with Crippen molar-refractivity contribution in [2.75, 3.05) is 6.54 Å². The summed E-state index contributed by atoms with van der Waals surface area (Å²) in [6.07, 6.45) is 1.06. The average Bonchev–Trinajstić information content (AvgIpc) is 2.66. The normalized spacial score (nSPS) is 11.7.